The van der Waals surface area contributed by atoms with Gasteiger partial charge in [0.1, 0.15) is 5.65 Å². The summed E-state index contributed by atoms with van der Waals surface area (Å²) in [6.07, 6.45) is 0. The molecule has 276 valence electrons. The highest BCUT2D eigenvalue weighted by molar-refractivity contribution is 6.22. The van der Waals surface area contributed by atoms with Crippen LogP contribution in [-0.4, -0.2) is 18.9 Å². The SMILES string of the molecule is CC1(C)c2ccccc2-c2ccc(-c3ccc4cc(-c5ccc6c(c5)c5c7ccccc7ccc5n6-c5nc6ccccc6c6nc7ccccc7n56)ccc4c3)cc21. The molecule has 13 rings (SSSR count). The van der Waals surface area contributed by atoms with Crippen LogP contribution in [0.1, 0.15) is 25.0 Å². The Morgan fingerprint density at radius 3 is 1.86 bits per heavy atom. The van der Waals surface area contributed by atoms with E-state index >= 15 is 0 Å². The zero-order valence-electron chi connectivity index (χ0n) is 32.6. The Hall–Kier alpha value is -7.56. The number of hydrogen-bond donors (Lipinski definition) is 0. The van der Waals surface area contributed by atoms with Gasteiger partial charge < -0.3 is 0 Å². The molecule has 4 nitrogen and oxygen atoms in total. The first-order valence-electron chi connectivity index (χ1n) is 20.4. The second-order valence-electron chi connectivity index (χ2n) is 16.6. The highest BCUT2D eigenvalue weighted by atomic mass is 15.2. The average molecular weight is 753 g/mol. The van der Waals surface area contributed by atoms with Gasteiger partial charge in [0.2, 0.25) is 5.95 Å². The number of rotatable bonds is 3. The summed E-state index contributed by atoms with van der Waals surface area (Å²) in [5.74, 6) is 0.827. The molecule has 0 radical (unpaired) electrons. The van der Waals surface area contributed by atoms with Crippen LogP contribution in [0.2, 0.25) is 0 Å². The molecule has 0 aliphatic heterocycles. The van der Waals surface area contributed by atoms with Crippen LogP contribution in [0, 0.1) is 0 Å². The molecule has 0 spiro atoms. The number of nitrogens with zero attached hydrogens (tertiary/aromatic N) is 4. The van der Waals surface area contributed by atoms with Gasteiger partial charge in [0.25, 0.3) is 0 Å². The molecule has 0 N–H and O–H groups in total. The minimum absolute atomic E-state index is 0.0283. The van der Waals surface area contributed by atoms with Crippen LogP contribution >= 0.6 is 0 Å². The van der Waals surface area contributed by atoms with Gasteiger partial charge in [-0.05, 0) is 127 Å². The van der Waals surface area contributed by atoms with Crippen molar-refractivity contribution < 1.29 is 0 Å². The molecule has 12 aromatic rings. The minimum atomic E-state index is -0.0283. The molecule has 0 unspecified atom stereocenters. The average Bonchev–Trinajstić information content (AvgIpc) is 3.92. The van der Waals surface area contributed by atoms with Crippen LogP contribution in [0.3, 0.4) is 0 Å². The molecule has 3 aromatic heterocycles. The van der Waals surface area contributed by atoms with Gasteiger partial charge in [0.05, 0.1) is 27.6 Å². The predicted octanol–water partition coefficient (Wildman–Crippen LogP) is 14.1. The summed E-state index contributed by atoms with van der Waals surface area (Å²) in [6.45, 7) is 4.70. The highest BCUT2D eigenvalue weighted by Gasteiger charge is 2.35. The van der Waals surface area contributed by atoms with Crippen molar-refractivity contribution in [3.8, 4) is 39.3 Å². The van der Waals surface area contributed by atoms with Gasteiger partial charge in [-0.2, -0.15) is 0 Å². The lowest BCUT2D eigenvalue weighted by Crippen LogP contribution is -2.14. The van der Waals surface area contributed by atoms with Gasteiger partial charge in [-0.1, -0.05) is 135 Å². The first kappa shape index (κ1) is 32.5. The van der Waals surface area contributed by atoms with Gasteiger partial charge >= 0.3 is 0 Å². The maximum atomic E-state index is 5.41. The summed E-state index contributed by atoms with van der Waals surface area (Å²) in [7, 11) is 0. The molecular formula is C55H36N4. The fourth-order valence-corrected chi connectivity index (χ4v) is 10.2. The predicted molar refractivity (Wildman–Crippen MR) is 246 cm³/mol. The van der Waals surface area contributed by atoms with Gasteiger partial charge in [0.15, 0.2) is 0 Å². The van der Waals surface area contributed by atoms with E-state index in [1.165, 1.54) is 76.8 Å². The second-order valence-corrected chi connectivity index (χ2v) is 16.6. The Kier molecular flexibility index (Phi) is 6.48. The molecular weight excluding hydrogens is 717 g/mol. The fourth-order valence-electron chi connectivity index (χ4n) is 10.2. The molecule has 0 atom stereocenters. The summed E-state index contributed by atoms with van der Waals surface area (Å²) in [5.41, 5.74) is 16.4. The van der Waals surface area contributed by atoms with Gasteiger partial charge in [-0.15, -0.1) is 0 Å². The number of fused-ring (bicyclic) bond motifs is 14. The molecule has 1 aliphatic carbocycles. The first-order chi connectivity index (χ1) is 29.0. The number of aromatic nitrogens is 4. The van der Waals surface area contributed by atoms with Crippen LogP contribution in [0.5, 0.6) is 0 Å². The Bertz CT molecular complexity index is 3770. The number of benzene rings is 9. The summed E-state index contributed by atoms with van der Waals surface area (Å²) in [5, 5.41) is 8.35. The number of para-hydroxylation sites is 3. The van der Waals surface area contributed by atoms with Crippen molar-refractivity contribution in [2.75, 3.05) is 0 Å². The van der Waals surface area contributed by atoms with Crippen molar-refractivity contribution >= 4 is 70.9 Å². The topological polar surface area (TPSA) is 35.1 Å². The Balaban J connectivity index is 0.979. The second kappa shape index (κ2) is 11.7. The van der Waals surface area contributed by atoms with E-state index in [1.807, 2.05) is 0 Å². The Morgan fingerprint density at radius 2 is 1.02 bits per heavy atom. The van der Waals surface area contributed by atoms with Gasteiger partial charge in [-0.3, -0.25) is 8.97 Å². The van der Waals surface area contributed by atoms with Crippen molar-refractivity contribution in [1.29, 1.82) is 0 Å². The molecule has 4 heteroatoms. The summed E-state index contributed by atoms with van der Waals surface area (Å²) < 4.78 is 4.58. The summed E-state index contributed by atoms with van der Waals surface area (Å²) in [4.78, 5) is 10.6. The number of imidazole rings is 1. The van der Waals surface area contributed by atoms with E-state index in [4.69, 9.17) is 9.97 Å². The minimum Gasteiger partial charge on any atom is -0.279 e. The molecule has 1 aliphatic rings. The van der Waals surface area contributed by atoms with E-state index in [9.17, 15) is 0 Å². The lowest BCUT2D eigenvalue weighted by atomic mass is 9.81. The standard InChI is InChI=1S/C55H36N4/c1-55(2)45-15-7-5-13-41(45)42-26-23-39(32-46(42)55)37-22-20-34-29-36(21-19-35(34)30-37)38-25-27-49-44(31-38)52-40-12-4-3-11-33(40)24-28-51(52)58(49)54-57-47-16-8-6-14-43(47)53-56-48-17-9-10-18-50(48)59(53)54/h3-32H,1-2H3. The van der Waals surface area contributed by atoms with E-state index in [2.05, 4.69) is 205 Å². The molecule has 0 amide bonds. The fraction of sp³-hybridized carbons (Fsp3) is 0.0545. The van der Waals surface area contributed by atoms with Crippen molar-refractivity contribution in [3.63, 3.8) is 0 Å². The molecule has 59 heavy (non-hydrogen) atoms. The van der Waals surface area contributed by atoms with Crippen LogP contribution < -0.4 is 0 Å². The molecule has 0 fully saturated rings. The third-order valence-corrected chi connectivity index (χ3v) is 13.1. The van der Waals surface area contributed by atoms with Crippen LogP contribution in [0.4, 0.5) is 0 Å². The van der Waals surface area contributed by atoms with Crippen molar-refractivity contribution in [3.05, 3.63) is 193 Å². The monoisotopic (exact) mass is 752 g/mol. The Morgan fingerprint density at radius 1 is 0.407 bits per heavy atom. The molecule has 0 bridgehead atoms. The van der Waals surface area contributed by atoms with E-state index in [-0.39, 0.29) is 5.41 Å². The highest BCUT2D eigenvalue weighted by Crippen LogP contribution is 2.49. The lowest BCUT2D eigenvalue weighted by Gasteiger charge is -2.22. The van der Waals surface area contributed by atoms with Crippen LogP contribution in [0.15, 0.2) is 182 Å². The maximum absolute atomic E-state index is 5.41. The van der Waals surface area contributed by atoms with Crippen molar-refractivity contribution in [1.82, 2.24) is 18.9 Å². The third kappa shape index (κ3) is 4.54. The van der Waals surface area contributed by atoms with Crippen LogP contribution in [-0.2, 0) is 5.41 Å². The maximum Gasteiger partial charge on any atom is 0.221 e. The van der Waals surface area contributed by atoms with Crippen molar-refractivity contribution in [2.45, 2.75) is 19.3 Å². The third-order valence-electron chi connectivity index (χ3n) is 13.1. The lowest BCUT2D eigenvalue weighted by molar-refractivity contribution is 0.660. The van der Waals surface area contributed by atoms with Crippen molar-refractivity contribution in [2.24, 2.45) is 0 Å². The summed E-state index contributed by atoms with van der Waals surface area (Å²) >= 11 is 0. The first-order valence-corrected chi connectivity index (χ1v) is 20.4. The van der Waals surface area contributed by atoms with Gasteiger partial charge in [0, 0.05) is 21.6 Å². The molecule has 9 aromatic carbocycles. The molecule has 0 saturated carbocycles. The van der Waals surface area contributed by atoms with Gasteiger partial charge in [-0.25, -0.2) is 9.97 Å². The quantitative estimate of drug-likeness (QED) is 0.180. The van der Waals surface area contributed by atoms with E-state index in [1.54, 1.807) is 0 Å². The van der Waals surface area contributed by atoms with E-state index in [0.717, 1.165) is 44.6 Å². The molecule has 3 heterocycles. The number of hydrogen-bond acceptors (Lipinski definition) is 2. The van der Waals surface area contributed by atoms with E-state index in [0.29, 0.717) is 0 Å². The smallest absolute Gasteiger partial charge is 0.221 e. The zero-order valence-corrected chi connectivity index (χ0v) is 32.6. The largest absolute Gasteiger partial charge is 0.279 e. The molecule has 0 saturated heterocycles. The van der Waals surface area contributed by atoms with Crippen LogP contribution in [0.25, 0.3) is 110 Å². The Labute approximate surface area is 340 Å². The zero-order chi connectivity index (χ0) is 39.0. The normalized spacial score (nSPS) is 13.4. The summed E-state index contributed by atoms with van der Waals surface area (Å²) in [6, 6.07) is 66.5. The van der Waals surface area contributed by atoms with E-state index < -0.39 is 0 Å².